The van der Waals surface area contributed by atoms with Gasteiger partial charge in [0.25, 0.3) is 0 Å². The third-order valence-corrected chi connectivity index (χ3v) is 4.86. The van der Waals surface area contributed by atoms with Gasteiger partial charge in [0.2, 0.25) is 0 Å². The zero-order valence-corrected chi connectivity index (χ0v) is 16.3. The second kappa shape index (κ2) is 7.34. The molecular formula is C21H23N7. The molecule has 0 saturated heterocycles. The normalized spacial score (nSPS) is 12.2. The Balaban J connectivity index is 1.51. The van der Waals surface area contributed by atoms with Gasteiger partial charge in [0.05, 0.1) is 27.9 Å². The Morgan fingerprint density at radius 1 is 1.14 bits per heavy atom. The predicted molar refractivity (Wildman–Crippen MR) is 112 cm³/mol. The molecule has 2 N–H and O–H groups in total. The van der Waals surface area contributed by atoms with E-state index in [0.717, 1.165) is 52.0 Å². The molecule has 0 aliphatic heterocycles. The molecule has 0 aliphatic carbocycles. The zero-order chi connectivity index (χ0) is 19.7. The highest BCUT2D eigenvalue weighted by Gasteiger charge is 2.11. The zero-order valence-electron chi connectivity index (χ0n) is 16.3. The second-order valence-electron chi connectivity index (χ2n) is 6.97. The molecule has 7 heteroatoms. The lowest BCUT2D eigenvalue weighted by atomic mass is 10.2. The maximum Gasteiger partial charge on any atom is 0.175 e. The monoisotopic (exact) mass is 373 g/mol. The van der Waals surface area contributed by atoms with Gasteiger partial charge in [0.1, 0.15) is 11.7 Å². The number of fused-ring (bicyclic) bond motifs is 3. The molecule has 142 valence electrons. The molecule has 1 aromatic carbocycles. The van der Waals surface area contributed by atoms with Crippen LogP contribution in [-0.4, -0.2) is 30.3 Å². The number of aromatic nitrogens is 5. The molecule has 0 fully saturated rings. The average molecular weight is 373 g/mol. The molecule has 4 rings (SSSR count). The Kier molecular flexibility index (Phi) is 4.73. The maximum absolute atomic E-state index is 6.12. The van der Waals surface area contributed by atoms with Gasteiger partial charge in [0, 0.05) is 37.7 Å². The summed E-state index contributed by atoms with van der Waals surface area (Å²) in [6.07, 6.45) is 5.90. The van der Waals surface area contributed by atoms with E-state index in [9.17, 15) is 0 Å². The summed E-state index contributed by atoms with van der Waals surface area (Å²) in [6.45, 7) is 3.78. The summed E-state index contributed by atoms with van der Waals surface area (Å²) in [7, 11) is 2.05. The van der Waals surface area contributed by atoms with Crippen LogP contribution in [-0.2, 0) is 13.5 Å². The van der Waals surface area contributed by atoms with Crippen LogP contribution in [0.3, 0.4) is 0 Å². The van der Waals surface area contributed by atoms with E-state index in [2.05, 4.69) is 43.7 Å². The molecule has 0 unspecified atom stereocenters. The average Bonchev–Trinajstić information content (AvgIpc) is 3.01. The van der Waals surface area contributed by atoms with E-state index in [-0.39, 0.29) is 0 Å². The lowest BCUT2D eigenvalue weighted by Crippen LogP contribution is -2.12. The number of pyridine rings is 1. The van der Waals surface area contributed by atoms with E-state index >= 15 is 0 Å². The van der Waals surface area contributed by atoms with Crippen LogP contribution in [0.2, 0.25) is 0 Å². The first-order valence-corrected chi connectivity index (χ1v) is 9.35. The Labute approximate surface area is 163 Å². The minimum Gasteiger partial charge on any atom is -0.387 e. The number of hydrogen-bond acceptors (Lipinski definition) is 5. The summed E-state index contributed by atoms with van der Waals surface area (Å²) in [4.78, 5) is 22.4. The van der Waals surface area contributed by atoms with Gasteiger partial charge in [-0.25, -0.2) is 15.0 Å². The standard InChI is InChI=1S/C21H23N7/c1-13-12-24-14(2)21(25-13)26-18(22)7-4-8-19-27-20-15-6-5-11-23-16(15)9-10-17(20)28(19)3/h5-6,9-12H,4,7-8H2,1-3H3,(H2,22,25,26). The van der Waals surface area contributed by atoms with E-state index in [1.54, 1.807) is 12.4 Å². The van der Waals surface area contributed by atoms with Gasteiger partial charge in [-0.15, -0.1) is 0 Å². The first kappa shape index (κ1) is 18.0. The van der Waals surface area contributed by atoms with Crippen LogP contribution < -0.4 is 5.73 Å². The minimum atomic E-state index is 0.566. The van der Waals surface area contributed by atoms with Crippen molar-refractivity contribution in [2.45, 2.75) is 33.1 Å². The van der Waals surface area contributed by atoms with Crippen LogP contribution in [0.15, 0.2) is 41.7 Å². The van der Waals surface area contributed by atoms with Crippen molar-refractivity contribution in [2.75, 3.05) is 0 Å². The maximum atomic E-state index is 6.12. The van der Waals surface area contributed by atoms with Crippen molar-refractivity contribution in [1.82, 2.24) is 24.5 Å². The fourth-order valence-corrected chi connectivity index (χ4v) is 3.33. The van der Waals surface area contributed by atoms with Crippen molar-refractivity contribution in [1.29, 1.82) is 0 Å². The lowest BCUT2D eigenvalue weighted by Gasteiger charge is -2.04. The summed E-state index contributed by atoms with van der Waals surface area (Å²) in [5.74, 6) is 2.20. The largest absolute Gasteiger partial charge is 0.387 e. The quantitative estimate of drug-likeness (QED) is 0.426. The highest BCUT2D eigenvalue weighted by molar-refractivity contribution is 6.02. The molecule has 0 bridgehead atoms. The third kappa shape index (κ3) is 3.43. The fraction of sp³-hybridized carbons (Fsp3) is 0.286. The Morgan fingerprint density at radius 3 is 2.86 bits per heavy atom. The first-order valence-electron chi connectivity index (χ1n) is 9.35. The van der Waals surface area contributed by atoms with Crippen LogP contribution in [0.4, 0.5) is 5.82 Å². The topological polar surface area (TPSA) is 94.9 Å². The molecule has 0 radical (unpaired) electrons. The molecule has 28 heavy (non-hydrogen) atoms. The smallest absolute Gasteiger partial charge is 0.175 e. The van der Waals surface area contributed by atoms with E-state index in [4.69, 9.17) is 10.7 Å². The molecule has 0 amide bonds. The van der Waals surface area contributed by atoms with Crippen molar-refractivity contribution >= 4 is 33.6 Å². The SMILES string of the molecule is Cc1cnc(C)c(N=C(N)CCCc2nc3c4cccnc4ccc3n2C)n1. The Hall–Kier alpha value is -3.35. The molecule has 3 heterocycles. The van der Waals surface area contributed by atoms with Crippen molar-refractivity contribution in [3.8, 4) is 0 Å². The number of aliphatic imine (C=N–C) groups is 1. The van der Waals surface area contributed by atoms with Crippen molar-refractivity contribution in [2.24, 2.45) is 17.8 Å². The van der Waals surface area contributed by atoms with Gasteiger partial charge >= 0.3 is 0 Å². The van der Waals surface area contributed by atoms with Gasteiger partial charge in [-0.2, -0.15) is 0 Å². The number of nitrogens with two attached hydrogens (primary N) is 1. The number of amidine groups is 1. The van der Waals surface area contributed by atoms with Crippen LogP contribution in [0.5, 0.6) is 0 Å². The number of aryl methyl sites for hydroxylation is 4. The summed E-state index contributed by atoms with van der Waals surface area (Å²) in [5, 5.41) is 1.08. The predicted octanol–water partition coefficient (Wildman–Crippen LogP) is 3.54. The van der Waals surface area contributed by atoms with Crippen LogP contribution in [0, 0.1) is 13.8 Å². The molecule has 7 nitrogen and oxygen atoms in total. The highest BCUT2D eigenvalue weighted by atomic mass is 15.1. The van der Waals surface area contributed by atoms with Crippen molar-refractivity contribution in [3.05, 3.63) is 53.9 Å². The summed E-state index contributed by atoms with van der Waals surface area (Å²) in [6, 6.07) is 8.13. The van der Waals surface area contributed by atoms with Gasteiger partial charge in [-0.1, -0.05) is 0 Å². The van der Waals surface area contributed by atoms with Crippen molar-refractivity contribution in [3.63, 3.8) is 0 Å². The van der Waals surface area contributed by atoms with Crippen molar-refractivity contribution < 1.29 is 0 Å². The van der Waals surface area contributed by atoms with E-state index in [1.807, 2.05) is 26.0 Å². The third-order valence-electron chi connectivity index (χ3n) is 4.86. The highest BCUT2D eigenvalue weighted by Crippen LogP contribution is 2.24. The Morgan fingerprint density at radius 2 is 2.00 bits per heavy atom. The molecule has 0 atom stereocenters. The van der Waals surface area contributed by atoms with E-state index in [0.29, 0.717) is 18.1 Å². The van der Waals surface area contributed by atoms with Gasteiger partial charge in [0.15, 0.2) is 5.82 Å². The number of nitrogens with zero attached hydrogens (tertiary/aromatic N) is 6. The summed E-state index contributed by atoms with van der Waals surface area (Å²) in [5.41, 5.74) is 10.8. The first-order chi connectivity index (χ1) is 13.5. The molecule has 3 aromatic heterocycles. The summed E-state index contributed by atoms with van der Waals surface area (Å²) < 4.78 is 2.14. The lowest BCUT2D eigenvalue weighted by molar-refractivity contribution is 0.750. The van der Waals surface area contributed by atoms with Crippen LogP contribution in [0.1, 0.15) is 30.1 Å². The number of rotatable bonds is 5. The van der Waals surface area contributed by atoms with E-state index in [1.165, 1.54) is 0 Å². The Bertz CT molecular complexity index is 1190. The molecular weight excluding hydrogens is 350 g/mol. The van der Waals surface area contributed by atoms with Crippen LogP contribution in [0.25, 0.3) is 21.9 Å². The number of hydrogen-bond donors (Lipinski definition) is 1. The fourth-order valence-electron chi connectivity index (χ4n) is 3.33. The number of benzene rings is 1. The summed E-state index contributed by atoms with van der Waals surface area (Å²) >= 11 is 0. The van der Waals surface area contributed by atoms with Gasteiger partial charge in [-0.3, -0.25) is 9.97 Å². The number of imidazole rings is 1. The molecule has 4 aromatic rings. The molecule has 0 spiro atoms. The van der Waals surface area contributed by atoms with E-state index < -0.39 is 0 Å². The van der Waals surface area contributed by atoms with Gasteiger partial charge < -0.3 is 10.3 Å². The molecule has 0 aliphatic rings. The minimum absolute atomic E-state index is 0.566. The second-order valence-corrected chi connectivity index (χ2v) is 6.97. The van der Waals surface area contributed by atoms with Crippen LogP contribution >= 0.6 is 0 Å². The molecule has 0 saturated carbocycles. The van der Waals surface area contributed by atoms with Gasteiger partial charge in [-0.05, 0) is 44.5 Å².